The molecule has 3 aromatic rings. The van der Waals surface area contributed by atoms with Crippen LogP contribution in [0, 0.1) is 11.8 Å². The van der Waals surface area contributed by atoms with Gasteiger partial charge in [0.25, 0.3) is 0 Å². The number of benzene rings is 3. The van der Waals surface area contributed by atoms with Crippen LogP contribution in [-0.4, -0.2) is 81.6 Å². The first-order chi connectivity index (χ1) is 22.7. The smallest absolute Gasteiger partial charge is 0.407 e. The minimum Gasteiger partial charge on any atom is -0.457 e. The van der Waals surface area contributed by atoms with E-state index in [0.29, 0.717) is 36.0 Å². The third-order valence-corrected chi connectivity index (χ3v) is 10.1. The fraction of sp³-hybridized carbons (Fsp3) is 0.441. The van der Waals surface area contributed by atoms with Crippen LogP contribution < -0.4 is 19.5 Å². The molecule has 3 aliphatic heterocycles. The number of hydrogen-bond acceptors (Lipinski definition) is 10. The van der Waals surface area contributed by atoms with Crippen molar-refractivity contribution >= 4 is 16.1 Å². The number of carbonyl (C=O) groups is 1. The number of amides is 1. The molecular formula is C34H40N2O10S. The number of alkyl carbamates (subject to hydrolysis) is 1. The minimum absolute atomic E-state index is 0.0114. The topological polar surface area (TPSA) is 142 Å². The van der Waals surface area contributed by atoms with E-state index in [0.717, 1.165) is 5.56 Å². The second kappa shape index (κ2) is 14.5. The van der Waals surface area contributed by atoms with Gasteiger partial charge in [-0.2, -0.15) is 4.31 Å². The van der Waals surface area contributed by atoms with E-state index in [1.807, 2.05) is 56.3 Å². The molecule has 3 heterocycles. The number of nitrogens with zero attached hydrogens (tertiary/aromatic N) is 1. The molecule has 6 rings (SSSR count). The Kier molecular flexibility index (Phi) is 10.2. The van der Waals surface area contributed by atoms with Gasteiger partial charge in [0, 0.05) is 19.2 Å². The monoisotopic (exact) mass is 668 g/mol. The van der Waals surface area contributed by atoms with Crippen LogP contribution in [0.2, 0.25) is 0 Å². The van der Waals surface area contributed by atoms with Gasteiger partial charge in [0.05, 0.1) is 36.2 Å². The van der Waals surface area contributed by atoms with Gasteiger partial charge in [0.2, 0.25) is 16.8 Å². The summed E-state index contributed by atoms with van der Waals surface area (Å²) in [6, 6.07) is 20.2. The highest BCUT2D eigenvalue weighted by Crippen LogP contribution is 2.35. The van der Waals surface area contributed by atoms with Gasteiger partial charge in [-0.05, 0) is 60.7 Å². The van der Waals surface area contributed by atoms with Gasteiger partial charge < -0.3 is 38.8 Å². The molecule has 0 unspecified atom stereocenters. The lowest BCUT2D eigenvalue weighted by atomic mass is 10.0. The van der Waals surface area contributed by atoms with Gasteiger partial charge in [-0.1, -0.05) is 44.2 Å². The third-order valence-electron chi connectivity index (χ3n) is 8.31. The highest BCUT2D eigenvalue weighted by atomic mass is 32.2. The molecule has 3 aromatic carbocycles. The zero-order chi connectivity index (χ0) is 33.0. The normalized spacial score (nSPS) is 21.4. The molecule has 0 aromatic heterocycles. The molecule has 0 bridgehead atoms. The van der Waals surface area contributed by atoms with Crippen molar-refractivity contribution in [1.82, 2.24) is 9.62 Å². The molecule has 0 aliphatic carbocycles. The Morgan fingerprint density at radius 1 is 0.979 bits per heavy atom. The maximum Gasteiger partial charge on any atom is 0.407 e. The highest BCUT2D eigenvalue weighted by Gasteiger charge is 2.44. The quantitative estimate of drug-likeness (QED) is 0.271. The Hall–Kier alpha value is -3.88. The second-order valence-electron chi connectivity index (χ2n) is 12.3. The predicted octanol–water partition coefficient (Wildman–Crippen LogP) is 4.31. The minimum atomic E-state index is -4.06. The van der Waals surface area contributed by atoms with Crippen LogP contribution in [0.5, 0.6) is 23.0 Å². The van der Waals surface area contributed by atoms with Crippen molar-refractivity contribution in [3.63, 3.8) is 0 Å². The molecule has 2 saturated heterocycles. The van der Waals surface area contributed by atoms with Crippen LogP contribution in [0.4, 0.5) is 4.79 Å². The zero-order valence-corrected chi connectivity index (χ0v) is 27.1. The predicted molar refractivity (Wildman–Crippen MR) is 170 cm³/mol. The van der Waals surface area contributed by atoms with Crippen LogP contribution in [-0.2, 0) is 30.7 Å². The number of para-hydroxylation sites is 1. The molecular weight excluding hydrogens is 628 g/mol. The highest BCUT2D eigenvalue weighted by molar-refractivity contribution is 7.89. The molecule has 0 radical (unpaired) electrons. The van der Waals surface area contributed by atoms with Crippen LogP contribution in [0.3, 0.4) is 0 Å². The Labute approximate surface area is 274 Å². The summed E-state index contributed by atoms with van der Waals surface area (Å²) in [5, 5.41) is 14.5. The lowest BCUT2D eigenvalue weighted by Gasteiger charge is -2.31. The van der Waals surface area contributed by atoms with Crippen molar-refractivity contribution < 1.29 is 46.7 Å². The van der Waals surface area contributed by atoms with Crippen molar-refractivity contribution in [2.45, 2.75) is 56.1 Å². The molecule has 1 amide bonds. The first-order valence-electron chi connectivity index (χ1n) is 15.8. The molecule has 12 nitrogen and oxygen atoms in total. The van der Waals surface area contributed by atoms with E-state index in [1.54, 1.807) is 18.2 Å². The summed E-state index contributed by atoms with van der Waals surface area (Å²) in [4.78, 5) is 13.2. The van der Waals surface area contributed by atoms with Gasteiger partial charge in [-0.25, -0.2) is 13.2 Å². The van der Waals surface area contributed by atoms with Gasteiger partial charge in [0.1, 0.15) is 17.6 Å². The van der Waals surface area contributed by atoms with E-state index < -0.39 is 40.7 Å². The number of ether oxygens (including phenoxy) is 6. The van der Waals surface area contributed by atoms with E-state index in [1.165, 1.54) is 16.4 Å². The Morgan fingerprint density at radius 3 is 2.49 bits per heavy atom. The Bertz CT molecular complexity index is 1620. The van der Waals surface area contributed by atoms with Crippen molar-refractivity contribution in [2.75, 3.05) is 33.1 Å². The van der Waals surface area contributed by atoms with Gasteiger partial charge >= 0.3 is 6.09 Å². The van der Waals surface area contributed by atoms with Crippen molar-refractivity contribution in [3.05, 3.63) is 78.4 Å². The van der Waals surface area contributed by atoms with E-state index in [-0.39, 0.29) is 49.6 Å². The maximum atomic E-state index is 13.9. The number of carbonyl (C=O) groups excluding carboxylic acids is 1. The van der Waals surface area contributed by atoms with Gasteiger partial charge in [-0.15, -0.1) is 0 Å². The van der Waals surface area contributed by atoms with Gasteiger partial charge in [-0.3, -0.25) is 0 Å². The molecule has 2 fully saturated rings. The molecule has 47 heavy (non-hydrogen) atoms. The average molecular weight is 669 g/mol. The summed E-state index contributed by atoms with van der Waals surface area (Å²) >= 11 is 0. The lowest BCUT2D eigenvalue weighted by molar-refractivity contribution is -0.0907. The first kappa shape index (κ1) is 33.0. The summed E-state index contributed by atoms with van der Waals surface area (Å²) in [7, 11) is -4.06. The SMILES string of the molecule is CC(C)CN(C[C@@H](O)[C@H](Cc1ccc(Oc2ccccc2)cc1)NC(=O)O[C@H]1CO[C@H]2OCC[C@H]21)S(=O)(=O)c1ccc2c(c1)OCO2. The first-order valence-corrected chi connectivity index (χ1v) is 17.2. The lowest BCUT2D eigenvalue weighted by Crippen LogP contribution is -2.51. The standard InChI is InChI=1S/C34H40N2O10S/c1-22(2)18-36(47(39,40)26-12-13-30-31(17-26)44-21-43-30)19-29(37)28(35-34(38)46-32-20-42-33-27(32)14-15-41-33)16-23-8-10-25(11-9-23)45-24-6-4-3-5-7-24/h3-13,17,22,27-29,32-33,37H,14-16,18-21H2,1-2H3,(H,35,38)/t27-,28-,29+,32-,33+/m0/s1. The number of hydrogen-bond donors (Lipinski definition) is 2. The van der Waals surface area contributed by atoms with Crippen LogP contribution >= 0.6 is 0 Å². The van der Waals surface area contributed by atoms with Crippen molar-refractivity contribution in [2.24, 2.45) is 11.8 Å². The molecule has 0 saturated carbocycles. The van der Waals surface area contributed by atoms with E-state index in [4.69, 9.17) is 28.4 Å². The van der Waals surface area contributed by atoms with Crippen molar-refractivity contribution in [3.8, 4) is 23.0 Å². The van der Waals surface area contributed by atoms with Crippen LogP contribution in [0.15, 0.2) is 77.7 Å². The largest absolute Gasteiger partial charge is 0.457 e. The van der Waals surface area contributed by atoms with Gasteiger partial charge in [0.15, 0.2) is 17.8 Å². The zero-order valence-electron chi connectivity index (χ0n) is 26.3. The fourth-order valence-corrected chi connectivity index (χ4v) is 7.56. The molecule has 252 valence electrons. The molecule has 3 aliphatic rings. The molecule has 13 heteroatoms. The third kappa shape index (κ3) is 7.99. The summed E-state index contributed by atoms with van der Waals surface area (Å²) in [5.74, 6) is 2.00. The number of sulfonamides is 1. The number of fused-ring (bicyclic) bond motifs is 2. The van der Waals surface area contributed by atoms with Crippen molar-refractivity contribution in [1.29, 1.82) is 0 Å². The van der Waals surface area contributed by atoms with E-state index in [9.17, 15) is 18.3 Å². The summed E-state index contributed by atoms with van der Waals surface area (Å²) in [6.45, 7) is 4.41. The van der Waals surface area contributed by atoms with E-state index in [2.05, 4.69) is 5.32 Å². The summed E-state index contributed by atoms with van der Waals surface area (Å²) < 4.78 is 62.6. The van der Waals surface area contributed by atoms with Crippen LogP contribution in [0.25, 0.3) is 0 Å². The Balaban J connectivity index is 1.20. The second-order valence-corrected chi connectivity index (χ2v) is 14.2. The number of rotatable bonds is 13. The molecule has 2 N–H and O–H groups in total. The Morgan fingerprint density at radius 2 is 1.72 bits per heavy atom. The maximum absolute atomic E-state index is 13.9. The number of nitrogens with one attached hydrogen (secondary N) is 1. The summed E-state index contributed by atoms with van der Waals surface area (Å²) in [5.41, 5.74) is 0.789. The molecule has 5 atom stereocenters. The van der Waals surface area contributed by atoms with Crippen LogP contribution in [0.1, 0.15) is 25.8 Å². The fourth-order valence-electron chi connectivity index (χ4n) is 5.93. The number of aliphatic hydroxyl groups is 1. The average Bonchev–Trinajstić information content (AvgIpc) is 3.80. The molecule has 0 spiro atoms. The summed E-state index contributed by atoms with van der Waals surface area (Å²) in [6.07, 6.45) is -2.00. The van der Waals surface area contributed by atoms with E-state index >= 15 is 0 Å². The number of aliphatic hydroxyl groups excluding tert-OH is 1.